The highest BCUT2D eigenvalue weighted by atomic mass is 16.6. The van der Waals surface area contributed by atoms with Crippen molar-refractivity contribution in [3.63, 3.8) is 0 Å². The molecule has 1 aromatic heterocycles. The van der Waals surface area contributed by atoms with Crippen molar-refractivity contribution in [1.29, 1.82) is 0 Å². The zero-order chi connectivity index (χ0) is 5.54. The molecule has 3 heteroatoms. The Morgan fingerprint density at radius 3 is 1.71 bits per heavy atom. The average Bonchev–Trinajstić information content (AvgIpc) is 2.23. The molecule has 0 aliphatic carbocycles. The smallest absolute Gasteiger partial charge is 0.0913 e. The van der Waals surface area contributed by atoms with Crippen molar-refractivity contribution in [1.82, 2.24) is 10.3 Å². The Morgan fingerprint density at radius 1 is 1.14 bits per heavy atom. The third kappa shape index (κ3) is 2.96. The fraction of sp³-hybridized carbons (Fsp3) is 0.500. The van der Waals surface area contributed by atoms with Gasteiger partial charge in [0.1, 0.15) is 0 Å². The summed E-state index contributed by atoms with van der Waals surface area (Å²) in [6.45, 7) is 4.00. The van der Waals surface area contributed by atoms with E-state index in [1.807, 2.05) is 13.8 Å². The summed E-state index contributed by atoms with van der Waals surface area (Å²) in [6.07, 6.45) is 2.94. The van der Waals surface area contributed by atoms with Crippen molar-refractivity contribution < 1.29 is 4.63 Å². The molecule has 0 aromatic carbocycles. The maximum absolute atomic E-state index is 4.08. The summed E-state index contributed by atoms with van der Waals surface area (Å²) in [6, 6.07) is 0. The highest BCUT2D eigenvalue weighted by molar-refractivity contribution is 4.51. The molecule has 0 spiro atoms. The van der Waals surface area contributed by atoms with E-state index in [4.69, 9.17) is 0 Å². The minimum atomic E-state index is 1.47. The normalized spacial score (nSPS) is 6.57. The Labute approximate surface area is 42.3 Å². The summed E-state index contributed by atoms with van der Waals surface area (Å²) < 4.78 is 4.08. The lowest BCUT2D eigenvalue weighted by molar-refractivity contribution is 0.307. The molecule has 1 rings (SSSR count). The fourth-order valence-corrected chi connectivity index (χ4v) is 0.136. The summed E-state index contributed by atoms with van der Waals surface area (Å²) in [4.78, 5) is 0. The maximum Gasteiger partial charge on any atom is 0.0913 e. The number of hydrogen-bond acceptors (Lipinski definition) is 3. The van der Waals surface area contributed by atoms with Crippen LogP contribution in [-0.4, -0.2) is 10.3 Å². The van der Waals surface area contributed by atoms with Gasteiger partial charge in [0, 0.05) is 0 Å². The van der Waals surface area contributed by atoms with E-state index < -0.39 is 0 Å². The molecule has 0 bridgehead atoms. The van der Waals surface area contributed by atoms with Crippen LogP contribution < -0.4 is 0 Å². The first kappa shape index (κ1) is 6.14. The number of nitrogens with zero attached hydrogens (tertiary/aromatic N) is 2. The molecule has 1 aromatic rings. The number of hydrogen-bond donors (Lipinski definition) is 0. The van der Waals surface area contributed by atoms with Gasteiger partial charge in [-0.2, -0.15) is 0 Å². The predicted molar refractivity (Wildman–Crippen MR) is 25.6 cm³/mol. The van der Waals surface area contributed by atoms with E-state index >= 15 is 0 Å². The highest BCUT2D eigenvalue weighted by Gasteiger charge is 1.61. The van der Waals surface area contributed by atoms with Crippen molar-refractivity contribution in [3.8, 4) is 0 Å². The Kier molecular flexibility index (Phi) is 4.51. The molecule has 0 saturated carbocycles. The topological polar surface area (TPSA) is 38.9 Å². The van der Waals surface area contributed by atoms with Gasteiger partial charge in [0.25, 0.3) is 0 Å². The summed E-state index contributed by atoms with van der Waals surface area (Å²) >= 11 is 0. The molecule has 7 heavy (non-hydrogen) atoms. The largest absolute Gasteiger partial charge is 0.245 e. The summed E-state index contributed by atoms with van der Waals surface area (Å²) in [5, 5.41) is 6.47. The van der Waals surface area contributed by atoms with Gasteiger partial charge in [0.2, 0.25) is 0 Å². The molecule has 0 radical (unpaired) electrons. The highest BCUT2D eigenvalue weighted by Crippen LogP contribution is 1.62. The zero-order valence-corrected chi connectivity index (χ0v) is 4.46. The van der Waals surface area contributed by atoms with Crippen LogP contribution in [-0.2, 0) is 0 Å². The van der Waals surface area contributed by atoms with E-state index in [-0.39, 0.29) is 0 Å². The first-order chi connectivity index (χ1) is 3.50. The van der Waals surface area contributed by atoms with Gasteiger partial charge in [-0.3, -0.25) is 0 Å². The van der Waals surface area contributed by atoms with Gasteiger partial charge >= 0.3 is 0 Å². The Balaban J connectivity index is 0.000000162. The van der Waals surface area contributed by atoms with Crippen LogP contribution in [0.5, 0.6) is 0 Å². The summed E-state index contributed by atoms with van der Waals surface area (Å²) in [5.41, 5.74) is 0. The SMILES string of the molecule is CC.c1cnon1. The lowest BCUT2D eigenvalue weighted by Crippen LogP contribution is -1.44. The third-order valence-electron chi connectivity index (χ3n) is 0.283. The van der Waals surface area contributed by atoms with Crippen LogP contribution in [0.4, 0.5) is 0 Å². The molecule has 0 unspecified atom stereocenters. The van der Waals surface area contributed by atoms with E-state index in [1.165, 1.54) is 12.4 Å². The van der Waals surface area contributed by atoms with Crippen molar-refractivity contribution in [2.24, 2.45) is 0 Å². The molecule has 0 amide bonds. The molecule has 0 fully saturated rings. The van der Waals surface area contributed by atoms with Crippen molar-refractivity contribution in [3.05, 3.63) is 12.4 Å². The summed E-state index contributed by atoms with van der Waals surface area (Å²) in [7, 11) is 0. The lowest BCUT2D eigenvalue weighted by atomic mass is 11.0. The number of aromatic nitrogens is 2. The van der Waals surface area contributed by atoms with Crippen molar-refractivity contribution in [2.45, 2.75) is 13.8 Å². The quantitative estimate of drug-likeness (QED) is 0.490. The summed E-state index contributed by atoms with van der Waals surface area (Å²) in [5.74, 6) is 0. The van der Waals surface area contributed by atoms with E-state index in [2.05, 4.69) is 14.9 Å². The minimum absolute atomic E-state index is 1.47. The monoisotopic (exact) mass is 100 g/mol. The molecule has 0 aliphatic rings. The standard InChI is InChI=1S/C2H2N2O.C2H6/c1-2-4-5-3-1;1-2/h1-2H;1-2H3. The van der Waals surface area contributed by atoms with Gasteiger partial charge in [-0.05, 0) is 0 Å². The molecule has 0 N–H and O–H groups in total. The van der Waals surface area contributed by atoms with Crippen LogP contribution in [0.25, 0.3) is 0 Å². The molecule has 3 nitrogen and oxygen atoms in total. The second-order valence-corrected chi connectivity index (χ2v) is 0.591. The van der Waals surface area contributed by atoms with Gasteiger partial charge in [-0.15, -0.1) is 0 Å². The van der Waals surface area contributed by atoms with E-state index in [0.717, 1.165) is 0 Å². The van der Waals surface area contributed by atoms with Crippen LogP contribution in [0.1, 0.15) is 13.8 Å². The van der Waals surface area contributed by atoms with E-state index in [9.17, 15) is 0 Å². The third-order valence-corrected chi connectivity index (χ3v) is 0.283. The number of rotatable bonds is 0. The maximum atomic E-state index is 4.08. The van der Waals surface area contributed by atoms with Gasteiger partial charge in [-0.1, -0.05) is 24.2 Å². The molecule has 1 heterocycles. The molecule has 40 valence electrons. The second-order valence-electron chi connectivity index (χ2n) is 0.591. The second kappa shape index (κ2) is 5.14. The van der Waals surface area contributed by atoms with Gasteiger partial charge in [-0.25, -0.2) is 4.63 Å². The lowest BCUT2D eigenvalue weighted by Gasteiger charge is -1.45. The van der Waals surface area contributed by atoms with Gasteiger partial charge in [0.15, 0.2) is 0 Å². The first-order valence-electron chi connectivity index (χ1n) is 2.21. The van der Waals surface area contributed by atoms with Crippen LogP contribution in [0.15, 0.2) is 17.0 Å². The average molecular weight is 100 g/mol. The predicted octanol–water partition coefficient (Wildman–Crippen LogP) is 1.10. The Hall–Kier alpha value is -0.860. The van der Waals surface area contributed by atoms with Crippen molar-refractivity contribution in [2.75, 3.05) is 0 Å². The Bertz CT molecular complexity index is 66.2. The first-order valence-corrected chi connectivity index (χ1v) is 2.21. The fourth-order valence-electron chi connectivity index (χ4n) is 0.136. The molecular weight excluding hydrogens is 92.1 g/mol. The van der Waals surface area contributed by atoms with Crippen LogP contribution in [0, 0.1) is 0 Å². The van der Waals surface area contributed by atoms with Gasteiger partial charge < -0.3 is 0 Å². The molecule has 0 aliphatic heterocycles. The van der Waals surface area contributed by atoms with E-state index in [0.29, 0.717) is 0 Å². The minimum Gasteiger partial charge on any atom is -0.245 e. The Morgan fingerprint density at radius 2 is 1.57 bits per heavy atom. The van der Waals surface area contributed by atoms with Crippen molar-refractivity contribution >= 4 is 0 Å². The molecule has 0 saturated heterocycles. The van der Waals surface area contributed by atoms with E-state index in [1.54, 1.807) is 0 Å². The molecular formula is C4H8N2O. The van der Waals surface area contributed by atoms with Crippen LogP contribution >= 0.6 is 0 Å². The zero-order valence-electron chi connectivity index (χ0n) is 4.46. The molecule has 0 atom stereocenters. The van der Waals surface area contributed by atoms with Crippen LogP contribution in [0.3, 0.4) is 0 Å². The van der Waals surface area contributed by atoms with Crippen LogP contribution in [0.2, 0.25) is 0 Å². The van der Waals surface area contributed by atoms with Gasteiger partial charge in [0.05, 0.1) is 12.4 Å².